The quantitative estimate of drug-likeness (QED) is 0.771. The zero-order chi connectivity index (χ0) is 18.6. The third-order valence-electron chi connectivity index (χ3n) is 4.92. The van der Waals surface area contributed by atoms with Crippen LogP contribution in [0.1, 0.15) is 30.1 Å². The Morgan fingerprint density at radius 1 is 1.19 bits per heavy atom. The van der Waals surface area contributed by atoms with Crippen LogP contribution in [0.15, 0.2) is 59.7 Å². The Hall–Kier alpha value is -2.86. The smallest absolute Gasteiger partial charge is 0.251 e. The van der Waals surface area contributed by atoms with Gasteiger partial charge in [0.25, 0.3) is 5.56 Å². The molecule has 1 unspecified atom stereocenters. The molecule has 6 heteroatoms. The molecular formula is C21H21FN4O. The number of halogens is 1. The number of aromatic amines is 1. The van der Waals surface area contributed by atoms with Gasteiger partial charge in [-0.1, -0.05) is 12.1 Å². The Morgan fingerprint density at radius 2 is 2.04 bits per heavy atom. The molecule has 0 bridgehead atoms. The van der Waals surface area contributed by atoms with Crippen molar-refractivity contribution in [2.24, 2.45) is 0 Å². The lowest BCUT2D eigenvalue weighted by Gasteiger charge is -2.32. The number of piperidine rings is 1. The molecule has 1 saturated heterocycles. The number of nitrogens with zero attached hydrogens (tertiary/aromatic N) is 3. The van der Waals surface area contributed by atoms with Gasteiger partial charge in [0.15, 0.2) is 0 Å². The maximum atomic E-state index is 13.4. The van der Waals surface area contributed by atoms with E-state index in [9.17, 15) is 9.18 Å². The minimum absolute atomic E-state index is 0.144. The third kappa shape index (κ3) is 4.28. The molecule has 1 N–H and O–H groups in total. The van der Waals surface area contributed by atoms with E-state index in [-0.39, 0.29) is 17.3 Å². The second-order valence-electron chi connectivity index (χ2n) is 6.96. The predicted octanol–water partition coefficient (Wildman–Crippen LogP) is 3.35. The molecule has 1 aliphatic rings. The summed E-state index contributed by atoms with van der Waals surface area (Å²) in [6.45, 7) is 2.45. The van der Waals surface area contributed by atoms with Crippen LogP contribution in [0.3, 0.4) is 0 Å². The third-order valence-corrected chi connectivity index (χ3v) is 4.92. The highest BCUT2D eigenvalue weighted by molar-refractivity contribution is 5.57. The molecular weight excluding hydrogens is 343 g/mol. The number of rotatable bonds is 4. The largest absolute Gasteiger partial charge is 0.310 e. The number of benzene rings is 1. The van der Waals surface area contributed by atoms with Gasteiger partial charge >= 0.3 is 0 Å². The predicted molar refractivity (Wildman–Crippen MR) is 102 cm³/mol. The number of H-pyrrole nitrogens is 1. The van der Waals surface area contributed by atoms with Gasteiger partial charge in [-0.3, -0.25) is 14.7 Å². The van der Waals surface area contributed by atoms with E-state index in [4.69, 9.17) is 4.98 Å². The highest BCUT2D eigenvalue weighted by atomic mass is 19.1. The van der Waals surface area contributed by atoms with Crippen LogP contribution < -0.4 is 5.56 Å². The topological polar surface area (TPSA) is 61.9 Å². The Balaban J connectivity index is 1.54. The zero-order valence-electron chi connectivity index (χ0n) is 14.9. The standard InChI is InChI=1S/C21H21FN4O/c22-18-5-1-3-15(11-18)13-26-10-2-4-17(14-26)21-24-19(12-20(27)25-21)16-6-8-23-9-7-16/h1,3,5-9,11-12,17H,2,4,10,13-14H2,(H,24,25,27). The Morgan fingerprint density at radius 3 is 2.85 bits per heavy atom. The van der Waals surface area contributed by atoms with Gasteiger partial charge in [-0.15, -0.1) is 0 Å². The van der Waals surface area contributed by atoms with Crippen molar-refractivity contribution < 1.29 is 4.39 Å². The molecule has 3 heterocycles. The highest BCUT2D eigenvalue weighted by Crippen LogP contribution is 2.26. The molecule has 0 amide bonds. The van der Waals surface area contributed by atoms with E-state index in [0.717, 1.165) is 42.9 Å². The highest BCUT2D eigenvalue weighted by Gasteiger charge is 2.24. The van der Waals surface area contributed by atoms with Gasteiger partial charge < -0.3 is 4.98 Å². The molecule has 2 aromatic heterocycles. The SMILES string of the molecule is O=c1cc(-c2ccncc2)nc(C2CCCN(Cc3cccc(F)c3)C2)[nH]1. The number of hydrogen-bond donors (Lipinski definition) is 1. The van der Waals surface area contributed by atoms with E-state index in [2.05, 4.69) is 14.9 Å². The lowest BCUT2D eigenvalue weighted by Crippen LogP contribution is -2.35. The molecule has 0 saturated carbocycles. The first-order valence-electron chi connectivity index (χ1n) is 9.16. The summed E-state index contributed by atoms with van der Waals surface area (Å²) in [7, 11) is 0. The number of nitrogens with one attached hydrogen (secondary N) is 1. The summed E-state index contributed by atoms with van der Waals surface area (Å²) in [4.78, 5) is 26.1. The van der Waals surface area contributed by atoms with E-state index >= 15 is 0 Å². The maximum Gasteiger partial charge on any atom is 0.251 e. The minimum Gasteiger partial charge on any atom is -0.310 e. The van der Waals surface area contributed by atoms with Crippen LogP contribution in [0.5, 0.6) is 0 Å². The summed E-state index contributed by atoms with van der Waals surface area (Å²) in [5, 5.41) is 0. The number of hydrogen-bond acceptors (Lipinski definition) is 4. The molecule has 4 rings (SSSR count). The lowest BCUT2D eigenvalue weighted by molar-refractivity contribution is 0.196. The van der Waals surface area contributed by atoms with Crippen LogP contribution in [0.4, 0.5) is 4.39 Å². The van der Waals surface area contributed by atoms with Gasteiger partial charge in [-0.2, -0.15) is 0 Å². The van der Waals surface area contributed by atoms with Crippen LogP contribution in [-0.4, -0.2) is 32.9 Å². The molecule has 1 atom stereocenters. The van der Waals surface area contributed by atoms with E-state index in [1.165, 1.54) is 12.1 Å². The van der Waals surface area contributed by atoms with Crippen molar-refractivity contribution in [3.63, 3.8) is 0 Å². The molecule has 1 aromatic carbocycles. The van der Waals surface area contributed by atoms with Crippen molar-refractivity contribution in [1.29, 1.82) is 0 Å². The minimum atomic E-state index is -0.211. The van der Waals surface area contributed by atoms with Crippen LogP contribution in [0.2, 0.25) is 0 Å². The molecule has 5 nitrogen and oxygen atoms in total. The number of pyridine rings is 1. The van der Waals surface area contributed by atoms with Gasteiger partial charge in [0, 0.05) is 43.0 Å². The average molecular weight is 364 g/mol. The molecule has 1 fully saturated rings. The summed E-state index contributed by atoms with van der Waals surface area (Å²) in [6.07, 6.45) is 5.38. The molecule has 0 radical (unpaired) electrons. The Kier molecular flexibility index (Phi) is 5.07. The molecule has 1 aliphatic heterocycles. The van der Waals surface area contributed by atoms with E-state index in [1.54, 1.807) is 24.5 Å². The first-order valence-corrected chi connectivity index (χ1v) is 9.16. The summed E-state index contributed by atoms with van der Waals surface area (Å²) in [6, 6.07) is 11.9. The van der Waals surface area contributed by atoms with Crippen molar-refractivity contribution in [2.45, 2.75) is 25.3 Å². The number of likely N-dealkylation sites (tertiary alicyclic amines) is 1. The number of aromatic nitrogens is 3. The molecule has 3 aromatic rings. The van der Waals surface area contributed by atoms with Crippen molar-refractivity contribution in [1.82, 2.24) is 19.9 Å². The monoisotopic (exact) mass is 364 g/mol. The second kappa shape index (κ2) is 7.80. The van der Waals surface area contributed by atoms with Crippen molar-refractivity contribution in [2.75, 3.05) is 13.1 Å². The first kappa shape index (κ1) is 17.5. The maximum absolute atomic E-state index is 13.4. The van der Waals surface area contributed by atoms with E-state index in [1.807, 2.05) is 18.2 Å². The Bertz CT molecular complexity index is 973. The lowest BCUT2D eigenvalue weighted by atomic mass is 9.96. The molecule has 27 heavy (non-hydrogen) atoms. The molecule has 0 spiro atoms. The summed E-state index contributed by atoms with van der Waals surface area (Å²) in [5.41, 5.74) is 2.36. The van der Waals surface area contributed by atoms with E-state index < -0.39 is 0 Å². The van der Waals surface area contributed by atoms with Crippen LogP contribution in [0, 0.1) is 5.82 Å². The Labute approximate surface area is 156 Å². The van der Waals surface area contributed by atoms with Crippen LogP contribution in [-0.2, 0) is 6.54 Å². The van der Waals surface area contributed by atoms with Crippen LogP contribution in [0.25, 0.3) is 11.3 Å². The summed E-state index contributed by atoms with van der Waals surface area (Å²) in [5.74, 6) is 0.664. The fourth-order valence-corrected chi connectivity index (χ4v) is 3.66. The van der Waals surface area contributed by atoms with Crippen molar-refractivity contribution in [3.05, 3.63) is 82.4 Å². The molecule has 138 valence electrons. The summed E-state index contributed by atoms with van der Waals surface area (Å²) < 4.78 is 13.4. The van der Waals surface area contributed by atoms with Gasteiger partial charge in [0.2, 0.25) is 0 Å². The zero-order valence-corrected chi connectivity index (χ0v) is 14.9. The molecule has 0 aliphatic carbocycles. The van der Waals surface area contributed by atoms with Crippen molar-refractivity contribution in [3.8, 4) is 11.3 Å². The van der Waals surface area contributed by atoms with Gasteiger partial charge in [-0.25, -0.2) is 9.37 Å². The fraction of sp³-hybridized carbons (Fsp3) is 0.286. The second-order valence-corrected chi connectivity index (χ2v) is 6.96. The van der Waals surface area contributed by atoms with Crippen LogP contribution >= 0.6 is 0 Å². The first-order chi connectivity index (χ1) is 13.2. The van der Waals surface area contributed by atoms with Gasteiger partial charge in [-0.05, 0) is 49.2 Å². The normalized spacial score (nSPS) is 17.7. The van der Waals surface area contributed by atoms with Crippen molar-refractivity contribution >= 4 is 0 Å². The van der Waals surface area contributed by atoms with E-state index in [0.29, 0.717) is 12.2 Å². The van der Waals surface area contributed by atoms with Gasteiger partial charge in [0.05, 0.1) is 5.69 Å². The summed E-state index contributed by atoms with van der Waals surface area (Å²) >= 11 is 0. The average Bonchev–Trinajstić information content (AvgIpc) is 2.68. The fourth-order valence-electron chi connectivity index (χ4n) is 3.66. The van der Waals surface area contributed by atoms with Gasteiger partial charge in [0.1, 0.15) is 11.6 Å².